The first-order chi connectivity index (χ1) is 12.5. The number of amides is 1. The predicted molar refractivity (Wildman–Crippen MR) is 94.4 cm³/mol. The van der Waals surface area contributed by atoms with Gasteiger partial charge in [0.15, 0.2) is 5.82 Å². The summed E-state index contributed by atoms with van der Waals surface area (Å²) in [6.45, 7) is 1.24. The number of carbonyl (C=O) groups excluding carboxylic acids is 1. The van der Waals surface area contributed by atoms with Crippen LogP contribution in [0.1, 0.15) is 54.5 Å². The van der Waals surface area contributed by atoms with Gasteiger partial charge in [0.25, 0.3) is 5.91 Å². The third kappa shape index (κ3) is 2.70. The summed E-state index contributed by atoms with van der Waals surface area (Å²) in [5.74, 6) is 0.847. The first-order valence-corrected chi connectivity index (χ1v) is 9.24. The van der Waals surface area contributed by atoms with Crippen molar-refractivity contribution >= 4 is 5.91 Å². The van der Waals surface area contributed by atoms with Crippen LogP contribution in [0.2, 0.25) is 0 Å². The van der Waals surface area contributed by atoms with Crippen LogP contribution in [-0.4, -0.2) is 72.7 Å². The smallest absolute Gasteiger partial charge is 0.274 e. The molecule has 0 bridgehead atoms. The highest BCUT2D eigenvalue weighted by atomic mass is 16.2. The summed E-state index contributed by atoms with van der Waals surface area (Å²) in [5.41, 5.74) is 0.119. The van der Waals surface area contributed by atoms with Crippen molar-refractivity contribution < 1.29 is 4.79 Å². The van der Waals surface area contributed by atoms with Crippen LogP contribution in [0.25, 0.3) is 0 Å². The number of likely N-dealkylation sites (N-methyl/N-ethyl adjacent to an activating group) is 1. The van der Waals surface area contributed by atoms with Crippen molar-refractivity contribution in [2.24, 2.45) is 7.05 Å². The van der Waals surface area contributed by atoms with Crippen molar-refractivity contribution in [3.8, 4) is 0 Å². The number of aryl methyl sites for hydroxylation is 1. The Balaban J connectivity index is 1.63. The minimum absolute atomic E-state index is 0.0331. The first kappa shape index (κ1) is 17.1. The fraction of sp³-hybridized carbons (Fsp3) is 0.706. The van der Waals surface area contributed by atoms with E-state index in [2.05, 4.69) is 25.4 Å². The van der Waals surface area contributed by atoms with Crippen molar-refractivity contribution in [3.63, 3.8) is 0 Å². The van der Waals surface area contributed by atoms with Gasteiger partial charge in [0.05, 0.1) is 12.4 Å². The molecule has 1 aliphatic heterocycles. The van der Waals surface area contributed by atoms with E-state index in [0.29, 0.717) is 24.8 Å². The largest absolute Gasteiger partial charge is 0.340 e. The second-order valence-corrected chi connectivity index (χ2v) is 7.71. The molecule has 1 atom stereocenters. The van der Waals surface area contributed by atoms with Gasteiger partial charge in [-0.25, -0.2) is 9.67 Å². The van der Waals surface area contributed by atoms with Crippen LogP contribution < -0.4 is 0 Å². The maximum Gasteiger partial charge on any atom is 0.274 e. The Bertz CT molecular complexity index is 790. The zero-order chi connectivity index (χ0) is 18.3. The molecule has 3 heterocycles. The SMILES string of the molecule is CN(C)C1(c2nnnn2C2CCCC2)CCN(C(=O)c2cn(C)cn2)C1. The van der Waals surface area contributed by atoms with Crippen LogP contribution in [0.15, 0.2) is 12.5 Å². The van der Waals surface area contributed by atoms with Gasteiger partial charge in [-0.1, -0.05) is 12.8 Å². The van der Waals surface area contributed by atoms with Crippen LogP contribution in [-0.2, 0) is 12.6 Å². The number of hydrogen-bond donors (Lipinski definition) is 0. The second-order valence-electron chi connectivity index (χ2n) is 7.71. The molecule has 140 valence electrons. The standard InChI is InChI=1S/C17H26N8O/c1-22(2)17(16-19-20-21-25(16)13-6-4-5-7-13)8-9-24(11-17)15(26)14-10-23(3)12-18-14/h10,12-13H,4-9,11H2,1-3H3. The lowest BCUT2D eigenvalue weighted by atomic mass is 9.95. The highest BCUT2D eigenvalue weighted by Gasteiger charge is 2.48. The molecule has 4 rings (SSSR count). The highest BCUT2D eigenvalue weighted by Crippen LogP contribution is 2.38. The molecule has 9 nitrogen and oxygen atoms in total. The van der Waals surface area contributed by atoms with Crippen LogP contribution in [0.5, 0.6) is 0 Å². The number of aromatic nitrogens is 6. The average Bonchev–Trinajstić information content (AvgIpc) is 3.37. The molecule has 1 unspecified atom stereocenters. The third-order valence-corrected chi connectivity index (χ3v) is 5.89. The number of carbonyl (C=O) groups is 1. The molecule has 0 N–H and O–H groups in total. The number of hydrogen-bond acceptors (Lipinski definition) is 6. The molecule has 26 heavy (non-hydrogen) atoms. The first-order valence-electron chi connectivity index (χ1n) is 9.24. The Kier molecular flexibility index (Phi) is 4.26. The number of rotatable bonds is 4. The summed E-state index contributed by atoms with van der Waals surface area (Å²) in [4.78, 5) is 21.1. The van der Waals surface area contributed by atoms with E-state index in [9.17, 15) is 4.79 Å². The molecule has 2 aliphatic rings. The van der Waals surface area contributed by atoms with Crippen molar-refractivity contribution in [3.05, 3.63) is 24.0 Å². The quantitative estimate of drug-likeness (QED) is 0.805. The fourth-order valence-corrected chi connectivity index (χ4v) is 4.29. The van der Waals surface area contributed by atoms with Crippen LogP contribution >= 0.6 is 0 Å². The molecule has 1 saturated heterocycles. The van der Waals surface area contributed by atoms with Crippen molar-refractivity contribution in [1.82, 2.24) is 39.6 Å². The number of nitrogens with zero attached hydrogens (tertiary/aromatic N) is 8. The van der Waals surface area contributed by atoms with Crippen molar-refractivity contribution in [2.75, 3.05) is 27.2 Å². The van der Waals surface area contributed by atoms with E-state index in [1.807, 2.05) is 30.7 Å². The van der Waals surface area contributed by atoms with E-state index in [0.717, 1.165) is 25.1 Å². The number of likely N-dealkylation sites (tertiary alicyclic amines) is 1. The van der Waals surface area contributed by atoms with Gasteiger partial charge in [-0.2, -0.15) is 0 Å². The summed E-state index contributed by atoms with van der Waals surface area (Å²) in [6.07, 6.45) is 8.93. The van der Waals surface area contributed by atoms with Crippen LogP contribution in [0.3, 0.4) is 0 Å². The Morgan fingerprint density at radius 2 is 2.08 bits per heavy atom. The fourth-order valence-electron chi connectivity index (χ4n) is 4.29. The molecule has 0 spiro atoms. The molecule has 1 aliphatic carbocycles. The Labute approximate surface area is 153 Å². The Hall–Kier alpha value is -2.29. The summed E-state index contributed by atoms with van der Waals surface area (Å²) in [6, 6.07) is 0.373. The zero-order valence-electron chi connectivity index (χ0n) is 15.7. The lowest BCUT2D eigenvalue weighted by Gasteiger charge is -2.35. The second kappa shape index (κ2) is 6.46. The van der Waals surface area contributed by atoms with Crippen molar-refractivity contribution in [1.29, 1.82) is 0 Å². The molecular formula is C17H26N8O. The van der Waals surface area contributed by atoms with Gasteiger partial charge in [-0.3, -0.25) is 9.69 Å². The van der Waals surface area contributed by atoms with Gasteiger partial charge < -0.3 is 9.47 Å². The van der Waals surface area contributed by atoms with Gasteiger partial charge in [-0.15, -0.1) is 5.10 Å². The lowest BCUT2D eigenvalue weighted by Crippen LogP contribution is -2.47. The van der Waals surface area contributed by atoms with E-state index in [1.165, 1.54) is 12.8 Å². The molecule has 2 aromatic rings. The maximum atomic E-state index is 12.9. The number of tetrazole rings is 1. The van der Waals surface area contributed by atoms with E-state index in [4.69, 9.17) is 0 Å². The normalized spacial score (nSPS) is 24.1. The van der Waals surface area contributed by atoms with E-state index in [-0.39, 0.29) is 11.4 Å². The Morgan fingerprint density at radius 3 is 2.73 bits per heavy atom. The predicted octanol–water partition coefficient (Wildman–Crippen LogP) is 0.825. The van der Waals surface area contributed by atoms with Crippen molar-refractivity contribution in [2.45, 2.75) is 43.7 Å². The number of imidazole rings is 1. The van der Waals surface area contributed by atoms with E-state index in [1.54, 1.807) is 17.1 Å². The molecule has 2 aromatic heterocycles. The van der Waals surface area contributed by atoms with Gasteiger partial charge in [-0.05, 0) is 43.8 Å². The summed E-state index contributed by atoms with van der Waals surface area (Å²) >= 11 is 0. The molecule has 0 aromatic carbocycles. The lowest BCUT2D eigenvalue weighted by molar-refractivity contribution is 0.0732. The van der Waals surface area contributed by atoms with Crippen LogP contribution in [0, 0.1) is 0 Å². The Morgan fingerprint density at radius 1 is 1.31 bits per heavy atom. The third-order valence-electron chi connectivity index (χ3n) is 5.89. The summed E-state index contributed by atoms with van der Waals surface area (Å²) in [5, 5.41) is 12.7. The van der Waals surface area contributed by atoms with E-state index < -0.39 is 0 Å². The minimum atomic E-state index is -0.365. The minimum Gasteiger partial charge on any atom is -0.340 e. The molecule has 9 heteroatoms. The summed E-state index contributed by atoms with van der Waals surface area (Å²) < 4.78 is 3.81. The molecule has 0 radical (unpaired) electrons. The van der Waals surface area contributed by atoms with Gasteiger partial charge in [0, 0.05) is 26.3 Å². The van der Waals surface area contributed by atoms with E-state index >= 15 is 0 Å². The van der Waals surface area contributed by atoms with Gasteiger partial charge >= 0.3 is 0 Å². The van der Waals surface area contributed by atoms with Gasteiger partial charge in [0.2, 0.25) is 0 Å². The molecule has 1 saturated carbocycles. The topological polar surface area (TPSA) is 85.0 Å². The maximum absolute atomic E-state index is 12.9. The van der Waals surface area contributed by atoms with Gasteiger partial charge in [0.1, 0.15) is 11.2 Å². The highest BCUT2D eigenvalue weighted by molar-refractivity contribution is 5.92. The zero-order valence-corrected chi connectivity index (χ0v) is 15.7. The molecule has 1 amide bonds. The average molecular weight is 358 g/mol. The van der Waals surface area contributed by atoms with Crippen LogP contribution in [0.4, 0.5) is 0 Å². The molecule has 2 fully saturated rings. The molecular weight excluding hydrogens is 332 g/mol. The monoisotopic (exact) mass is 358 g/mol. The summed E-state index contributed by atoms with van der Waals surface area (Å²) in [7, 11) is 5.96.